The topological polar surface area (TPSA) is 90.9 Å². The van der Waals surface area contributed by atoms with E-state index in [0.29, 0.717) is 41.2 Å². The van der Waals surface area contributed by atoms with E-state index in [4.69, 9.17) is 14.2 Å². The highest BCUT2D eigenvalue weighted by Crippen LogP contribution is 2.27. The van der Waals surface area contributed by atoms with Gasteiger partial charge in [-0.25, -0.2) is 4.79 Å². The molecular weight excluding hydrogens is 362 g/mol. The molecule has 0 aliphatic heterocycles. The molecule has 2 aromatic rings. The molecule has 0 heterocycles. The summed E-state index contributed by atoms with van der Waals surface area (Å²) in [5.41, 5.74) is 1.35. The molecule has 2 rings (SSSR count). The third-order valence-corrected chi connectivity index (χ3v) is 3.82. The second-order valence-corrected chi connectivity index (χ2v) is 5.93. The third kappa shape index (κ3) is 6.12. The number of ether oxygens (including phenoxy) is 3. The maximum absolute atomic E-state index is 12.1. The van der Waals surface area contributed by atoms with Crippen LogP contribution in [0, 0.1) is 0 Å². The number of rotatable bonds is 10. The second-order valence-electron chi connectivity index (χ2n) is 5.93. The molecule has 0 bridgehead atoms. The zero-order valence-corrected chi connectivity index (χ0v) is 15.9. The largest absolute Gasteiger partial charge is 0.493 e. The molecule has 7 heteroatoms. The number of benzene rings is 2. The summed E-state index contributed by atoms with van der Waals surface area (Å²) >= 11 is 0. The zero-order valence-electron chi connectivity index (χ0n) is 15.9. The molecule has 0 unspecified atom stereocenters. The SMILES string of the molecule is CCCCOC(=O)c1ccc(NC(=O)COc2cc(C=O)ccc2OC)cc1. The van der Waals surface area contributed by atoms with E-state index in [1.165, 1.54) is 13.2 Å². The predicted octanol–water partition coefficient (Wildman–Crippen LogP) is 3.48. The quantitative estimate of drug-likeness (QED) is 0.382. The van der Waals surface area contributed by atoms with Crippen LogP contribution in [0.25, 0.3) is 0 Å². The fourth-order valence-electron chi connectivity index (χ4n) is 2.30. The van der Waals surface area contributed by atoms with E-state index in [9.17, 15) is 14.4 Å². The minimum absolute atomic E-state index is 0.264. The summed E-state index contributed by atoms with van der Waals surface area (Å²) in [7, 11) is 1.47. The number of hydrogen-bond acceptors (Lipinski definition) is 6. The van der Waals surface area contributed by atoms with Crippen molar-refractivity contribution in [2.75, 3.05) is 25.6 Å². The number of amides is 1. The van der Waals surface area contributed by atoms with Crippen LogP contribution in [0.15, 0.2) is 42.5 Å². The first-order valence-corrected chi connectivity index (χ1v) is 8.90. The van der Waals surface area contributed by atoms with Gasteiger partial charge in [-0.1, -0.05) is 13.3 Å². The minimum Gasteiger partial charge on any atom is -0.493 e. The molecule has 0 radical (unpaired) electrons. The number of methoxy groups -OCH3 is 1. The number of carbonyl (C=O) groups excluding carboxylic acids is 3. The molecule has 2 aromatic carbocycles. The van der Waals surface area contributed by atoms with Crippen LogP contribution in [0.5, 0.6) is 11.5 Å². The highest BCUT2D eigenvalue weighted by atomic mass is 16.5. The summed E-state index contributed by atoms with van der Waals surface area (Å²) in [6.45, 7) is 2.14. The molecule has 1 amide bonds. The van der Waals surface area contributed by atoms with Crippen molar-refractivity contribution in [3.63, 3.8) is 0 Å². The van der Waals surface area contributed by atoms with Gasteiger partial charge in [0, 0.05) is 11.3 Å². The highest BCUT2D eigenvalue weighted by molar-refractivity contribution is 5.93. The lowest BCUT2D eigenvalue weighted by Crippen LogP contribution is -2.20. The molecule has 1 N–H and O–H groups in total. The molecule has 0 aliphatic rings. The predicted molar refractivity (Wildman–Crippen MR) is 104 cm³/mol. The molecule has 0 fully saturated rings. The third-order valence-electron chi connectivity index (χ3n) is 3.82. The van der Waals surface area contributed by atoms with Gasteiger partial charge in [0.25, 0.3) is 5.91 Å². The van der Waals surface area contributed by atoms with Crippen molar-refractivity contribution in [3.8, 4) is 11.5 Å². The second kappa shape index (κ2) is 10.7. The first-order valence-electron chi connectivity index (χ1n) is 8.90. The first kappa shape index (κ1) is 21.0. The van der Waals surface area contributed by atoms with Crippen molar-refractivity contribution < 1.29 is 28.6 Å². The Morgan fingerprint density at radius 1 is 1.07 bits per heavy atom. The summed E-state index contributed by atoms with van der Waals surface area (Å²) in [6.07, 6.45) is 2.45. The van der Waals surface area contributed by atoms with E-state index in [-0.39, 0.29) is 6.61 Å². The lowest BCUT2D eigenvalue weighted by atomic mass is 10.2. The number of esters is 1. The maximum Gasteiger partial charge on any atom is 0.338 e. The van der Waals surface area contributed by atoms with Gasteiger partial charge in [0.1, 0.15) is 6.29 Å². The number of anilines is 1. The van der Waals surface area contributed by atoms with Crippen molar-refractivity contribution in [1.29, 1.82) is 0 Å². The van der Waals surface area contributed by atoms with Crippen LogP contribution in [-0.2, 0) is 9.53 Å². The average molecular weight is 385 g/mol. The zero-order chi connectivity index (χ0) is 20.4. The van der Waals surface area contributed by atoms with Gasteiger partial charge in [0.2, 0.25) is 0 Å². The van der Waals surface area contributed by atoms with E-state index >= 15 is 0 Å². The van der Waals surface area contributed by atoms with E-state index in [1.54, 1.807) is 36.4 Å². The number of hydrogen-bond donors (Lipinski definition) is 1. The van der Waals surface area contributed by atoms with Crippen LogP contribution in [-0.4, -0.2) is 38.5 Å². The average Bonchev–Trinajstić information content (AvgIpc) is 2.72. The van der Waals surface area contributed by atoms with Crippen LogP contribution < -0.4 is 14.8 Å². The Hall–Kier alpha value is -3.35. The highest BCUT2D eigenvalue weighted by Gasteiger charge is 2.10. The van der Waals surface area contributed by atoms with E-state index in [2.05, 4.69) is 5.32 Å². The number of nitrogens with one attached hydrogen (secondary N) is 1. The van der Waals surface area contributed by atoms with Crippen molar-refractivity contribution in [2.24, 2.45) is 0 Å². The van der Waals surface area contributed by atoms with E-state index < -0.39 is 11.9 Å². The molecule has 148 valence electrons. The van der Waals surface area contributed by atoms with Crippen LogP contribution >= 0.6 is 0 Å². The van der Waals surface area contributed by atoms with Crippen LogP contribution in [0.4, 0.5) is 5.69 Å². The van der Waals surface area contributed by atoms with Crippen molar-refractivity contribution in [2.45, 2.75) is 19.8 Å². The molecule has 0 saturated carbocycles. The summed E-state index contributed by atoms with van der Waals surface area (Å²) < 4.78 is 15.7. The normalized spacial score (nSPS) is 10.1. The van der Waals surface area contributed by atoms with Gasteiger partial charge in [0.15, 0.2) is 18.1 Å². The smallest absolute Gasteiger partial charge is 0.338 e. The molecular formula is C21H23NO6. The Morgan fingerprint density at radius 2 is 1.82 bits per heavy atom. The number of aldehydes is 1. The van der Waals surface area contributed by atoms with Crippen LogP contribution in [0.2, 0.25) is 0 Å². The van der Waals surface area contributed by atoms with Crippen molar-refractivity contribution in [3.05, 3.63) is 53.6 Å². The van der Waals surface area contributed by atoms with Crippen LogP contribution in [0.1, 0.15) is 40.5 Å². The molecule has 0 saturated heterocycles. The van der Waals surface area contributed by atoms with Gasteiger partial charge in [-0.05, 0) is 48.9 Å². The molecule has 28 heavy (non-hydrogen) atoms. The van der Waals surface area contributed by atoms with E-state index in [1.807, 2.05) is 6.92 Å². The summed E-state index contributed by atoms with van der Waals surface area (Å²) in [5, 5.41) is 2.67. The molecule has 7 nitrogen and oxygen atoms in total. The number of carbonyl (C=O) groups is 3. The van der Waals surface area contributed by atoms with Gasteiger partial charge < -0.3 is 19.5 Å². The van der Waals surface area contributed by atoms with Crippen molar-refractivity contribution >= 4 is 23.9 Å². The fourth-order valence-corrected chi connectivity index (χ4v) is 2.30. The van der Waals surface area contributed by atoms with Crippen LogP contribution in [0.3, 0.4) is 0 Å². The van der Waals surface area contributed by atoms with Gasteiger partial charge in [-0.3, -0.25) is 9.59 Å². The van der Waals surface area contributed by atoms with Crippen molar-refractivity contribution in [1.82, 2.24) is 0 Å². The monoisotopic (exact) mass is 385 g/mol. The Bertz CT molecular complexity index is 816. The molecule has 0 atom stereocenters. The lowest BCUT2D eigenvalue weighted by molar-refractivity contribution is -0.118. The molecule has 0 aliphatic carbocycles. The first-order chi connectivity index (χ1) is 13.6. The fraction of sp³-hybridized carbons (Fsp3) is 0.286. The molecule has 0 aromatic heterocycles. The number of unbranched alkanes of at least 4 members (excludes halogenated alkanes) is 1. The Labute approximate surface area is 163 Å². The minimum atomic E-state index is -0.392. The van der Waals surface area contributed by atoms with Gasteiger partial charge in [0.05, 0.1) is 19.3 Å². The summed E-state index contributed by atoms with van der Waals surface area (Å²) in [6, 6.07) is 11.1. The standard InChI is InChI=1S/C21H23NO6/c1-3-4-11-27-21(25)16-6-8-17(9-7-16)22-20(24)14-28-19-12-15(13-23)5-10-18(19)26-2/h5-10,12-13H,3-4,11,14H2,1-2H3,(H,22,24). The lowest BCUT2D eigenvalue weighted by Gasteiger charge is -2.11. The Balaban J connectivity index is 1.89. The summed E-state index contributed by atoms with van der Waals surface area (Å²) in [5.74, 6) is -0.0644. The van der Waals surface area contributed by atoms with Gasteiger partial charge in [-0.2, -0.15) is 0 Å². The van der Waals surface area contributed by atoms with E-state index in [0.717, 1.165) is 12.8 Å². The Morgan fingerprint density at radius 3 is 2.46 bits per heavy atom. The maximum atomic E-state index is 12.1. The molecule has 0 spiro atoms. The Kier molecular flexibility index (Phi) is 8.02. The van der Waals surface area contributed by atoms with Gasteiger partial charge in [-0.15, -0.1) is 0 Å². The van der Waals surface area contributed by atoms with Gasteiger partial charge >= 0.3 is 5.97 Å². The summed E-state index contributed by atoms with van der Waals surface area (Å²) in [4.78, 5) is 34.8.